The molecule has 0 N–H and O–H groups in total. The molecule has 0 aliphatic heterocycles. The van der Waals surface area contributed by atoms with Gasteiger partial charge in [0, 0.05) is 12.1 Å². The first-order valence-corrected chi connectivity index (χ1v) is 6.54. The number of esters is 1. The molecular formula is C16H15NO5. The minimum Gasteiger partial charge on any atom is -0.496 e. The minimum absolute atomic E-state index is 0.00919. The van der Waals surface area contributed by atoms with Crippen LogP contribution < -0.4 is 9.47 Å². The molecule has 0 heterocycles. The zero-order valence-corrected chi connectivity index (χ0v) is 12.5. The highest BCUT2D eigenvalue weighted by molar-refractivity contribution is 5.94. The fourth-order valence-corrected chi connectivity index (χ4v) is 1.91. The third kappa shape index (κ3) is 3.22. The van der Waals surface area contributed by atoms with Crippen LogP contribution in [-0.4, -0.2) is 18.0 Å². The fourth-order valence-electron chi connectivity index (χ4n) is 1.91. The van der Waals surface area contributed by atoms with Crippen LogP contribution in [0.2, 0.25) is 0 Å². The molecule has 0 fully saturated rings. The quantitative estimate of drug-likeness (QED) is 0.374. The van der Waals surface area contributed by atoms with Gasteiger partial charge in [-0.15, -0.1) is 0 Å². The van der Waals surface area contributed by atoms with E-state index >= 15 is 0 Å². The van der Waals surface area contributed by atoms with Crippen LogP contribution in [0, 0.1) is 24.0 Å². The fraction of sp³-hybridized carbons (Fsp3) is 0.188. The molecule has 0 aliphatic rings. The van der Waals surface area contributed by atoms with E-state index in [-0.39, 0.29) is 17.0 Å². The summed E-state index contributed by atoms with van der Waals surface area (Å²) in [6.45, 7) is 3.85. The van der Waals surface area contributed by atoms with Crippen molar-refractivity contribution in [1.29, 1.82) is 0 Å². The van der Waals surface area contributed by atoms with Crippen LogP contribution in [0.25, 0.3) is 0 Å². The topological polar surface area (TPSA) is 78.7 Å². The molecule has 2 rings (SSSR count). The van der Waals surface area contributed by atoms with Gasteiger partial charge in [0.2, 0.25) is 0 Å². The molecule has 0 saturated carbocycles. The summed E-state index contributed by atoms with van der Waals surface area (Å²) in [5.74, 6) is -0.107. The molecule has 0 radical (unpaired) electrons. The van der Waals surface area contributed by atoms with E-state index in [1.807, 2.05) is 19.9 Å². The maximum Gasteiger partial charge on any atom is 0.347 e. The van der Waals surface area contributed by atoms with Crippen LogP contribution in [0.4, 0.5) is 5.69 Å². The van der Waals surface area contributed by atoms with Crippen LogP contribution in [0.15, 0.2) is 36.4 Å². The van der Waals surface area contributed by atoms with Gasteiger partial charge in [-0.1, -0.05) is 6.07 Å². The molecule has 22 heavy (non-hydrogen) atoms. The van der Waals surface area contributed by atoms with E-state index in [1.165, 1.54) is 19.2 Å². The van der Waals surface area contributed by atoms with Crippen molar-refractivity contribution in [2.45, 2.75) is 13.8 Å². The number of rotatable bonds is 4. The first-order valence-electron chi connectivity index (χ1n) is 6.54. The van der Waals surface area contributed by atoms with E-state index in [0.29, 0.717) is 5.75 Å². The number of ether oxygens (including phenoxy) is 2. The van der Waals surface area contributed by atoms with E-state index in [4.69, 9.17) is 9.47 Å². The summed E-state index contributed by atoms with van der Waals surface area (Å²) in [7, 11) is 1.38. The van der Waals surface area contributed by atoms with Crippen molar-refractivity contribution in [2.75, 3.05) is 7.11 Å². The largest absolute Gasteiger partial charge is 0.496 e. The lowest BCUT2D eigenvalue weighted by molar-refractivity contribution is -0.384. The Hall–Kier alpha value is -2.89. The number of benzene rings is 2. The third-order valence-corrected chi connectivity index (χ3v) is 3.30. The second kappa shape index (κ2) is 6.26. The lowest BCUT2D eigenvalue weighted by Gasteiger charge is -2.09. The molecule has 0 atom stereocenters. The molecule has 0 saturated heterocycles. The summed E-state index contributed by atoms with van der Waals surface area (Å²) in [4.78, 5) is 22.5. The van der Waals surface area contributed by atoms with Gasteiger partial charge < -0.3 is 9.47 Å². The van der Waals surface area contributed by atoms with Gasteiger partial charge in [0.25, 0.3) is 5.69 Å². The Kier molecular flexibility index (Phi) is 4.41. The number of aryl methyl sites for hydroxylation is 2. The van der Waals surface area contributed by atoms with Crippen LogP contribution in [0.3, 0.4) is 0 Å². The zero-order valence-electron chi connectivity index (χ0n) is 12.5. The van der Waals surface area contributed by atoms with Gasteiger partial charge in [0.15, 0.2) is 0 Å². The number of hydrogen-bond donors (Lipinski definition) is 0. The SMILES string of the molecule is COc1ccc([N+](=O)[O-])cc1C(=O)Oc1ccc(C)c(C)c1. The molecule has 0 amide bonds. The Morgan fingerprint density at radius 2 is 1.82 bits per heavy atom. The summed E-state index contributed by atoms with van der Waals surface area (Å²) in [6, 6.07) is 9.02. The van der Waals surface area contributed by atoms with E-state index in [1.54, 1.807) is 12.1 Å². The first kappa shape index (κ1) is 15.5. The van der Waals surface area contributed by atoms with Crippen molar-refractivity contribution in [3.63, 3.8) is 0 Å². The first-order chi connectivity index (χ1) is 10.4. The Morgan fingerprint density at radius 3 is 2.41 bits per heavy atom. The van der Waals surface area contributed by atoms with Crippen molar-refractivity contribution >= 4 is 11.7 Å². The molecule has 6 heteroatoms. The van der Waals surface area contributed by atoms with Crippen molar-refractivity contribution in [3.8, 4) is 11.5 Å². The predicted molar refractivity (Wildman–Crippen MR) is 80.5 cm³/mol. The highest BCUT2D eigenvalue weighted by Gasteiger charge is 2.19. The number of hydrogen-bond acceptors (Lipinski definition) is 5. The maximum absolute atomic E-state index is 12.2. The molecule has 0 aliphatic carbocycles. The molecule has 2 aromatic carbocycles. The normalized spacial score (nSPS) is 10.1. The highest BCUT2D eigenvalue weighted by Crippen LogP contribution is 2.26. The minimum atomic E-state index is -0.705. The van der Waals surface area contributed by atoms with Gasteiger partial charge in [-0.2, -0.15) is 0 Å². The lowest BCUT2D eigenvalue weighted by Crippen LogP contribution is -2.11. The Balaban J connectivity index is 2.33. The number of methoxy groups -OCH3 is 1. The average molecular weight is 301 g/mol. The monoisotopic (exact) mass is 301 g/mol. The Labute approximate surface area is 127 Å². The number of nitro groups is 1. The molecule has 0 unspecified atom stereocenters. The summed E-state index contributed by atoms with van der Waals surface area (Å²) in [6.07, 6.45) is 0. The number of nitrogens with zero attached hydrogens (tertiary/aromatic N) is 1. The van der Waals surface area contributed by atoms with Crippen molar-refractivity contribution in [2.24, 2.45) is 0 Å². The zero-order chi connectivity index (χ0) is 16.3. The second-order valence-electron chi connectivity index (χ2n) is 4.78. The Bertz CT molecular complexity index is 739. The van der Waals surface area contributed by atoms with Gasteiger partial charge in [-0.3, -0.25) is 10.1 Å². The van der Waals surface area contributed by atoms with E-state index in [0.717, 1.165) is 17.2 Å². The lowest BCUT2D eigenvalue weighted by atomic mass is 10.1. The highest BCUT2D eigenvalue weighted by atomic mass is 16.6. The number of carbonyl (C=O) groups excluding carboxylic acids is 1. The smallest absolute Gasteiger partial charge is 0.347 e. The molecular weight excluding hydrogens is 286 g/mol. The van der Waals surface area contributed by atoms with E-state index < -0.39 is 10.9 Å². The van der Waals surface area contributed by atoms with Gasteiger partial charge in [0.1, 0.15) is 17.1 Å². The van der Waals surface area contributed by atoms with Gasteiger partial charge >= 0.3 is 5.97 Å². The van der Waals surface area contributed by atoms with Gasteiger partial charge in [-0.05, 0) is 43.2 Å². The van der Waals surface area contributed by atoms with Gasteiger partial charge in [0.05, 0.1) is 12.0 Å². The molecule has 6 nitrogen and oxygen atoms in total. The maximum atomic E-state index is 12.2. The molecule has 0 spiro atoms. The van der Waals surface area contributed by atoms with Crippen molar-refractivity contribution in [3.05, 3.63) is 63.2 Å². The van der Waals surface area contributed by atoms with Crippen LogP contribution >= 0.6 is 0 Å². The van der Waals surface area contributed by atoms with Crippen LogP contribution in [0.1, 0.15) is 21.5 Å². The average Bonchev–Trinajstić information content (AvgIpc) is 2.50. The number of non-ortho nitro benzene ring substituents is 1. The predicted octanol–water partition coefficient (Wildman–Crippen LogP) is 3.44. The summed E-state index contributed by atoms with van der Waals surface area (Å²) in [5.41, 5.74) is 1.87. The van der Waals surface area contributed by atoms with Crippen molar-refractivity contribution in [1.82, 2.24) is 0 Å². The second-order valence-corrected chi connectivity index (χ2v) is 4.78. The molecule has 2 aromatic rings. The van der Waals surface area contributed by atoms with E-state index in [9.17, 15) is 14.9 Å². The summed E-state index contributed by atoms with van der Waals surface area (Å²) >= 11 is 0. The van der Waals surface area contributed by atoms with Crippen LogP contribution in [-0.2, 0) is 0 Å². The third-order valence-electron chi connectivity index (χ3n) is 3.30. The molecule has 0 bridgehead atoms. The Morgan fingerprint density at radius 1 is 1.09 bits per heavy atom. The number of nitro benzene ring substituents is 1. The molecule has 114 valence electrons. The van der Waals surface area contributed by atoms with Crippen LogP contribution in [0.5, 0.6) is 11.5 Å². The molecule has 0 aromatic heterocycles. The number of carbonyl (C=O) groups is 1. The van der Waals surface area contributed by atoms with Crippen molar-refractivity contribution < 1.29 is 19.2 Å². The van der Waals surface area contributed by atoms with E-state index in [2.05, 4.69) is 0 Å². The van der Waals surface area contributed by atoms with Gasteiger partial charge in [-0.25, -0.2) is 4.79 Å². The summed E-state index contributed by atoms with van der Waals surface area (Å²) < 4.78 is 10.3. The standard InChI is InChI=1S/C16H15NO5/c1-10-4-6-13(8-11(10)2)22-16(18)14-9-12(17(19)20)5-7-15(14)21-3/h4-9H,1-3H3. The summed E-state index contributed by atoms with van der Waals surface area (Å²) in [5, 5.41) is 10.8.